The number of hydrogen-bond donors (Lipinski definition) is 1. The zero-order valence-corrected chi connectivity index (χ0v) is 4.84. The molecule has 0 radical (unpaired) electrons. The summed E-state index contributed by atoms with van der Waals surface area (Å²) in [7, 11) is 0. The van der Waals surface area contributed by atoms with Gasteiger partial charge in [-0.3, -0.25) is 0 Å². The van der Waals surface area contributed by atoms with Gasteiger partial charge in [-0.1, -0.05) is 15.9 Å². The Balaban J connectivity index is 3.63. The minimum Gasteiger partial charge on any atom is -0.480 e. The SMILES string of the molecule is N#CC(Br)C(=O)O. The fourth-order valence-electron chi connectivity index (χ4n) is 0.0552. The van der Waals surface area contributed by atoms with Crippen LogP contribution in [-0.4, -0.2) is 15.9 Å². The normalized spacial score (nSPS) is 12.0. The van der Waals surface area contributed by atoms with Crippen LogP contribution in [0.2, 0.25) is 0 Å². The van der Waals surface area contributed by atoms with Crippen LogP contribution >= 0.6 is 15.9 Å². The molecular formula is C3H2BrNO2. The molecule has 1 atom stereocenters. The Hall–Kier alpha value is -0.560. The van der Waals surface area contributed by atoms with Gasteiger partial charge in [-0.05, 0) is 0 Å². The second-order valence-electron chi connectivity index (χ2n) is 0.830. The lowest BCUT2D eigenvalue weighted by Crippen LogP contribution is -2.08. The highest BCUT2D eigenvalue weighted by Crippen LogP contribution is 1.94. The third-order valence-electron chi connectivity index (χ3n) is 0.330. The van der Waals surface area contributed by atoms with Crippen LogP contribution in [0.5, 0.6) is 0 Å². The lowest BCUT2D eigenvalue weighted by molar-refractivity contribution is -0.135. The van der Waals surface area contributed by atoms with Gasteiger partial charge in [-0.15, -0.1) is 0 Å². The maximum absolute atomic E-state index is 9.66. The average molecular weight is 164 g/mol. The predicted octanol–water partition coefficient (Wildman–Crippen LogP) is 0.358. The van der Waals surface area contributed by atoms with Crippen molar-refractivity contribution in [1.29, 1.82) is 5.26 Å². The maximum atomic E-state index is 9.66. The second kappa shape index (κ2) is 2.59. The first kappa shape index (κ1) is 6.44. The highest BCUT2D eigenvalue weighted by atomic mass is 79.9. The number of rotatable bonds is 1. The quantitative estimate of drug-likeness (QED) is 0.569. The number of hydrogen-bond acceptors (Lipinski definition) is 2. The van der Waals surface area contributed by atoms with E-state index >= 15 is 0 Å². The van der Waals surface area contributed by atoms with Crippen LogP contribution in [0.25, 0.3) is 0 Å². The van der Waals surface area contributed by atoms with E-state index in [1.807, 2.05) is 0 Å². The van der Waals surface area contributed by atoms with E-state index in [2.05, 4.69) is 15.9 Å². The van der Waals surface area contributed by atoms with Gasteiger partial charge in [0.25, 0.3) is 0 Å². The molecule has 0 aromatic carbocycles. The van der Waals surface area contributed by atoms with E-state index in [0.29, 0.717) is 0 Å². The second-order valence-corrected chi connectivity index (χ2v) is 1.75. The fraction of sp³-hybridized carbons (Fsp3) is 0.333. The zero-order chi connectivity index (χ0) is 5.86. The van der Waals surface area contributed by atoms with Crippen LogP contribution in [0, 0.1) is 11.3 Å². The lowest BCUT2D eigenvalue weighted by Gasteiger charge is -1.84. The molecule has 0 aromatic heterocycles. The molecule has 0 saturated carbocycles. The topological polar surface area (TPSA) is 61.1 Å². The van der Waals surface area contributed by atoms with E-state index in [9.17, 15) is 4.79 Å². The molecule has 0 amide bonds. The molecule has 0 spiro atoms. The smallest absolute Gasteiger partial charge is 0.331 e. The summed E-state index contributed by atoms with van der Waals surface area (Å²) in [5.74, 6) is -1.15. The maximum Gasteiger partial charge on any atom is 0.331 e. The molecule has 0 aliphatic rings. The van der Waals surface area contributed by atoms with Crippen molar-refractivity contribution in [2.24, 2.45) is 0 Å². The lowest BCUT2D eigenvalue weighted by atomic mass is 10.5. The van der Waals surface area contributed by atoms with E-state index in [1.54, 1.807) is 0 Å². The van der Waals surface area contributed by atoms with Gasteiger partial charge in [0.15, 0.2) is 4.83 Å². The number of nitrogens with zero attached hydrogens (tertiary/aromatic N) is 1. The number of halogens is 1. The van der Waals surface area contributed by atoms with Gasteiger partial charge in [0.05, 0.1) is 6.07 Å². The average Bonchev–Trinajstić information content (AvgIpc) is 1.65. The first-order chi connectivity index (χ1) is 3.18. The van der Waals surface area contributed by atoms with E-state index in [4.69, 9.17) is 10.4 Å². The summed E-state index contributed by atoms with van der Waals surface area (Å²) >= 11 is 2.58. The third-order valence-corrected chi connectivity index (χ3v) is 0.927. The third kappa shape index (κ3) is 2.18. The summed E-state index contributed by atoms with van der Waals surface area (Å²) in [5, 5.41) is 15.7. The molecule has 0 fully saturated rings. The van der Waals surface area contributed by atoms with Crippen molar-refractivity contribution in [3.63, 3.8) is 0 Å². The molecule has 0 rings (SSSR count). The highest BCUT2D eigenvalue weighted by Gasteiger charge is 2.08. The summed E-state index contributed by atoms with van der Waals surface area (Å²) in [4.78, 5) is 8.60. The molecule has 1 unspecified atom stereocenters. The van der Waals surface area contributed by atoms with E-state index in [0.717, 1.165) is 0 Å². The number of alkyl halides is 1. The van der Waals surface area contributed by atoms with Gasteiger partial charge in [-0.25, -0.2) is 4.79 Å². The molecule has 0 bridgehead atoms. The van der Waals surface area contributed by atoms with Crippen molar-refractivity contribution in [3.05, 3.63) is 0 Å². The van der Waals surface area contributed by atoms with Crippen LogP contribution in [0.1, 0.15) is 0 Å². The molecule has 0 aliphatic heterocycles. The molecule has 0 aliphatic carbocycles. The minimum atomic E-state index is -1.15. The summed E-state index contributed by atoms with van der Waals surface area (Å²) in [5.41, 5.74) is 0. The van der Waals surface area contributed by atoms with Crippen LogP contribution in [0.15, 0.2) is 0 Å². The van der Waals surface area contributed by atoms with Crippen molar-refractivity contribution in [2.75, 3.05) is 0 Å². The molecule has 3 nitrogen and oxygen atoms in total. The van der Waals surface area contributed by atoms with Crippen molar-refractivity contribution in [1.82, 2.24) is 0 Å². The van der Waals surface area contributed by atoms with Crippen LogP contribution in [0.4, 0.5) is 0 Å². The number of carbonyl (C=O) groups is 1. The molecule has 0 heterocycles. The van der Waals surface area contributed by atoms with Gasteiger partial charge in [0.1, 0.15) is 0 Å². The van der Waals surface area contributed by atoms with Crippen molar-refractivity contribution in [2.45, 2.75) is 4.83 Å². The fourth-order valence-corrected chi connectivity index (χ4v) is 0.0552. The Labute approximate surface area is 48.7 Å². The number of nitriles is 1. The summed E-state index contributed by atoms with van der Waals surface area (Å²) < 4.78 is 0. The van der Waals surface area contributed by atoms with E-state index < -0.39 is 10.8 Å². The van der Waals surface area contributed by atoms with Crippen LogP contribution in [-0.2, 0) is 4.79 Å². The number of carboxylic acid groups (broad SMARTS) is 1. The Bertz CT molecular complexity index is 117. The first-order valence-electron chi connectivity index (χ1n) is 1.45. The Kier molecular flexibility index (Phi) is 2.38. The van der Waals surface area contributed by atoms with Crippen molar-refractivity contribution >= 4 is 21.9 Å². The largest absolute Gasteiger partial charge is 0.480 e. The predicted molar refractivity (Wildman–Crippen MR) is 26.0 cm³/mol. The molecule has 7 heavy (non-hydrogen) atoms. The standard InChI is InChI=1S/C3H2BrNO2/c4-2(1-5)3(6)7/h2H,(H,6,7). The summed E-state index contributed by atoms with van der Waals surface area (Å²) in [6.45, 7) is 0. The van der Waals surface area contributed by atoms with Crippen LogP contribution in [0.3, 0.4) is 0 Å². The van der Waals surface area contributed by atoms with Gasteiger partial charge in [0, 0.05) is 0 Å². The van der Waals surface area contributed by atoms with Crippen molar-refractivity contribution in [3.8, 4) is 6.07 Å². The monoisotopic (exact) mass is 163 g/mol. The molecular weight excluding hydrogens is 162 g/mol. The molecule has 38 valence electrons. The molecule has 4 heteroatoms. The van der Waals surface area contributed by atoms with Gasteiger partial charge in [-0.2, -0.15) is 5.26 Å². The molecule has 0 aromatic rings. The van der Waals surface area contributed by atoms with E-state index in [-0.39, 0.29) is 0 Å². The summed E-state index contributed by atoms with van der Waals surface area (Å²) in [6.07, 6.45) is 0. The Morgan fingerprint density at radius 3 is 2.43 bits per heavy atom. The van der Waals surface area contributed by atoms with Gasteiger partial charge in [0.2, 0.25) is 0 Å². The Morgan fingerprint density at radius 1 is 2.00 bits per heavy atom. The number of carboxylic acids is 1. The molecule has 1 N–H and O–H groups in total. The number of aliphatic carboxylic acids is 1. The van der Waals surface area contributed by atoms with Crippen molar-refractivity contribution < 1.29 is 9.90 Å². The first-order valence-corrected chi connectivity index (χ1v) is 2.36. The highest BCUT2D eigenvalue weighted by molar-refractivity contribution is 9.10. The van der Waals surface area contributed by atoms with Crippen LogP contribution < -0.4 is 0 Å². The Morgan fingerprint density at radius 2 is 2.43 bits per heavy atom. The van der Waals surface area contributed by atoms with Gasteiger partial charge < -0.3 is 5.11 Å². The summed E-state index contributed by atoms with van der Waals surface area (Å²) in [6, 6.07) is 1.48. The van der Waals surface area contributed by atoms with E-state index in [1.165, 1.54) is 6.07 Å². The zero-order valence-electron chi connectivity index (χ0n) is 3.26. The van der Waals surface area contributed by atoms with Gasteiger partial charge >= 0.3 is 5.97 Å². The molecule has 0 saturated heterocycles. The minimum absolute atomic E-state index is 1.06.